The van der Waals surface area contributed by atoms with Crippen molar-refractivity contribution in [3.63, 3.8) is 0 Å². The fourth-order valence-corrected chi connectivity index (χ4v) is 4.46. The van der Waals surface area contributed by atoms with E-state index in [1.807, 2.05) is 26.0 Å². The number of thiazole rings is 1. The summed E-state index contributed by atoms with van der Waals surface area (Å²) < 4.78 is 11.2. The number of anilines is 1. The fourth-order valence-electron chi connectivity index (χ4n) is 3.61. The van der Waals surface area contributed by atoms with Crippen molar-refractivity contribution in [3.05, 3.63) is 79.9 Å². The number of benzene rings is 2. The molecule has 174 valence electrons. The van der Waals surface area contributed by atoms with Crippen LogP contribution in [0.5, 0.6) is 0 Å². The number of amides is 1. The van der Waals surface area contributed by atoms with Crippen LogP contribution in [0.15, 0.2) is 51.7 Å². The number of fused-ring (bicyclic) bond motifs is 1. The Kier molecular flexibility index (Phi) is 6.34. The number of hydrogen-bond acceptors (Lipinski definition) is 7. The quantitative estimate of drug-likeness (QED) is 0.373. The van der Waals surface area contributed by atoms with Crippen molar-refractivity contribution in [2.24, 2.45) is 0 Å². The second-order valence-electron chi connectivity index (χ2n) is 8.35. The van der Waals surface area contributed by atoms with Crippen molar-refractivity contribution < 1.29 is 18.7 Å². The van der Waals surface area contributed by atoms with Crippen LogP contribution in [-0.2, 0) is 4.74 Å². The van der Waals surface area contributed by atoms with Crippen LogP contribution in [0.25, 0.3) is 22.3 Å². The average molecular weight is 477 g/mol. The van der Waals surface area contributed by atoms with Crippen LogP contribution < -0.4 is 10.7 Å². The van der Waals surface area contributed by atoms with Crippen molar-refractivity contribution in [1.82, 2.24) is 4.98 Å². The van der Waals surface area contributed by atoms with Gasteiger partial charge in [-0.25, -0.2) is 9.78 Å². The predicted molar refractivity (Wildman–Crippen MR) is 133 cm³/mol. The average Bonchev–Trinajstić information content (AvgIpc) is 3.14. The number of ether oxygens (including phenoxy) is 1. The zero-order valence-corrected chi connectivity index (χ0v) is 20.3. The van der Waals surface area contributed by atoms with E-state index in [4.69, 9.17) is 9.15 Å². The molecule has 2 heterocycles. The van der Waals surface area contributed by atoms with Crippen LogP contribution >= 0.6 is 11.3 Å². The second kappa shape index (κ2) is 9.23. The number of rotatable bonds is 5. The summed E-state index contributed by atoms with van der Waals surface area (Å²) in [4.78, 5) is 42.1. The van der Waals surface area contributed by atoms with E-state index in [0.29, 0.717) is 43.6 Å². The first-order valence-electron chi connectivity index (χ1n) is 10.8. The molecule has 34 heavy (non-hydrogen) atoms. The van der Waals surface area contributed by atoms with Gasteiger partial charge in [-0.2, -0.15) is 0 Å². The third-order valence-electron chi connectivity index (χ3n) is 5.14. The lowest BCUT2D eigenvalue weighted by Gasteiger charge is -2.07. The molecule has 1 amide bonds. The largest absolute Gasteiger partial charge is 0.459 e. The van der Waals surface area contributed by atoms with Gasteiger partial charge in [-0.1, -0.05) is 29.5 Å². The van der Waals surface area contributed by atoms with Crippen molar-refractivity contribution >= 4 is 39.3 Å². The van der Waals surface area contributed by atoms with E-state index in [1.165, 1.54) is 6.07 Å². The molecular formula is C26H24N2O5S. The van der Waals surface area contributed by atoms with Crippen LogP contribution in [-0.4, -0.2) is 23.0 Å². The Morgan fingerprint density at radius 2 is 1.76 bits per heavy atom. The summed E-state index contributed by atoms with van der Waals surface area (Å²) in [7, 11) is 0. The number of nitrogens with zero attached hydrogens (tertiary/aromatic N) is 1. The summed E-state index contributed by atoms with van der Waals surface area (Å²) in [5.74, 6) is -0.396. The van der Waals surface area contributed by atoms with Crippen molar-refractivity contribution in [2.45, 2.75) is 40.7 Å². The van der Waals surface area contributed by atoms with E-state index in [9.17, 15) is 14.4 Å². The van der Waals surface area contributed by atoms with Crippen molar-refractivity contribution in [3.8, 4) is 11.3 Å². The summed E-state index contributed by atoms with van der Waals surface area (Å²) in [5.41, 5.74) is 3.91. The first kappa shape index (κ1) is 23.4. The Morgan fingerprint density at radius 1 is 1.06 bits per heavy atom. The molecule has 0 saturated heterocycles. The molecule has 4 rings (SSSR count). The van der Waals surface area contributed by atoms with Gasteiger partial charge < -0.3 is 9.15 Å². The van der Waals surface area contributed by atoms with Crippen molar-refractivity contribution in [2.75, 3.05) is 5.32 Å². The normalized spacial score (nSPS) is 11.1. The maximum Gasteiger partial charge on any atom is 0.350 e. The van der Waals surface area contributed by atoms with Gasteiger partial charge in [0.15, 0.2) is 10.6 Å². The lowest BCUT2D eigenvalue weighted by atomic mass is 10.1. The van der Waals surface area contributed by atoms with Gasteiger partial charge in [0, 0.05) is 17.2 Å². The number of hydrogen-bond donors (Lipinski definition) is 1. The maximum atomic E-state index is 12.7. The standard InChI is InChI=1S/C26H24N2O5S/c1-13(2)32-25(31)23-16(5)27-26(34-23)28-24(30)18-8-6-17(7-9-18)21-12-20(29)19-11-14(3)10-15(4)22(19)33-21/h6-13H,1-5H3,(H,27,28,30). The van der Waals surface area contributed by atoms with Gasteiger partial charge in [0.25, 0.3) is 5.91 Å². The molecule has 0 aliphatic heterocycles. The number of nitrogens with one attached hydrogen (secondary N) is 1. The Labute approximate surface area is 200 Å². The highest BCUT2D eigenvalue weighted by atomic mass is 32.1. The molecule has 0 bridgehead atoms. The summed E-state index contributed by atoms with van der Waals surface area (Å²) in [6.45, 7) is 9.08. The Morgan fingerprint density at radius 3 is 2.44 bits per heavy atom. The summed E-state index contributed by atoms with van der Waals surface area (Å²) in [5, 5.41) is 3.58. The van der Waals surface area contributed by atoms with E-state index >= 15 is 0 Å². The number of aromatic nitrogens is 1. The van der Waals surface area contributed by atoms with Crippen molar-refractivity contribution in [1.29, 1.82) is 0 Å². The molecule has 1 N–H and O–H groups in total. The highest BCUT2D eigenvalue weighted by Gasteiger charge is 2.19. The highest BCUT2D eigenvalue weighted by Crippen LogP contribution is 2.27. The monoisotopic (exact) mass is 476 g/mol. The molecule has 0 aliphatic rings. The van der Waals surface area contributed by atoms with Crippen LogP contribution in [0.3, 0.4) is 0 Å². The van der Waals surface area contributed by atoms with E-state index in [-0.39, 0.29) is 17.4 Å². The van der Waals surface area contributed by atoms with Gasteiger partial charge in [0.05, 0.1) is 17.2 Å². The van der Waals surface area contributed by atoms with Gasteiger partial charge >= 0.3 is 5.97 Å². The molecule has 7 nitrogen and oxygen atoms in total. The smallest absolute Gasteiger partial charge is 0.350 e. The molecule has 0 saturated carbocycles. The summed E-state index contributed by atoms with van der Waals surface area (Å²) in [6, 6.07) is 12.0. The number of aryl methyl sites for hydroxylation is 3. The third kappa shape index (κ3) is 4.77. The highest BCUT2D eigenvalue weighted by molar-refractivity contribution is 7.17. The number of carbonyl (C=O) groups is 2. The minimum absolute atomic E-state index is 0.115. The molecule has 0 aliphatic carbocycles. The molecule has 4 aromatic rings. The Bertz CT molecular complexity index is 1470. The van der Waals surface area contributed by atoms with Crippen LogP contribution in [0.2, 0.25) is 0 Å². The lowest BCUT2D eigenvalue weighted by Crippen LogP contribution is -2.11. The SMILES string of the molecule is Cc1cc(C)c2oc(-c3ccc(C(=O)Nc4nc(C)c(C(=O)OC(C)C)s4)cc3)cc(=O)c2c1. The first-order valence-corrected chi connectivity index (χ1v) is 11.6. The lowest BCUT2D eigenvalue weighted by molar-refractivity contribution is 0.0382. The summed E-state index contributed by atoms with van der Waals surface area (Å²) in [6.07, 6.45) is -0.245. The molecule has 0 radical (unpaired) electrons. The Hall–Kier alpha value is -3.78. The van der Waals surface area contributed by atoms with E-state index in [1.54, 1.807) is 45.0 Å². The fraction of sp³-hybridized carbons (Fsp3) is 0.231. The molecule has 0 fully saturated rings. The second-order valence-corrected chi connectivity index (χ2v) is 9.35. The summed E-state index contributed by atoms with van der Waals surface area (Å²) >= 11 is 1.07. The zero-order valence-electron chi connectivity index (χ0n) is 19.5. The van der Waals surface area contributed by atoms with Gasteiger partial charge in [0.1, 0.15) is 16.2 Å². The van der Waals surface area contributed by atoms with Gasteiger partial charge in [-0.15, -0.1) is 0 Å². The molecule has 0 atom stereocenters. The van der Waals surface area contributed by atoms with Gasteiger partial charge in [-0.05, 0) is 63.9 Å². The zero-order chi connectivity index (χ0) is 24.6. The maximum absolute atomic E-state index is 12.7. The molecule has 0 spiro atoms. The minimum atomic E-state index is -0.461. The molecule has 0 unspecified atom stereocenters. The first-order chi connectivity index (χ1) is 16.1. The van der Waals surface area contributed by atoms with Crippen LogP contribution in [0, 0.1) is 20.8 Å². The topological polar surface area (TPSA) is 98.5 Å². The van der Waals surface area contributed by atoms with E-state index in [2.05, 4.69) is 10.3 Å². The van der Waals surface area contributed by atoms with Gasteiger partial charge in [-0.3, -0.25) is 14.9 Å². The Balaban J connectivity index is 1.55. The molecule has 8 heteroatoms. The third-order valence-corrected chi connectivity index (χ3v) is 6.19. The van der Waals surface area contributed by atoms with Gasteiger partial charge in [0.2, 0.25) is 0 Å². The van der Waals surface area contributed by atoms with Crippen LogP contribution in [0.1, 0.15) is 50.7 Å². The minimum Gasteiger partial charge on any atom is -0.459 e. The molecular weight excluding hydrogens is 452 g/mol. The number of esters is 1. The van der Waals surface area contributed by atoms with Crippen LogP contribution in [0.4, 0.5) is 5.13 Å². The predicted octanol–water partition coefficient (Wildman–Crippen LogP) is 5.66. The number of carbonyl (C=O) groups excluding carboxylic acids is 2. The van der Waals surface area contributed by atoms with E-state index in [0.717, 1.165) is 22.5 Å². The molecule has 2 aromatic carbocycles. The van der Waals surface area contributed by atoms with E-state index < -0.39 is 5.97 Å². The molecule has 2 aromatic heterocycles.